The topological polar surface area (TPSA) is 61.5 Å². The number of aromatic amines is 1. The van der Waals surface area contributed by atoms with Gasteiger partial charge in [0.2, 0.25) is 5.95 Å². The summed E-state index contributed by atoms with van der Waals surface area (Å²) in [5.74, 6) is 2.00. The van der Waals surface area contributed by atoms with Crippen LogP contribution in [-0.4, -0.2) is 43.3 Å². The molecule has 0 atom stereocenters. The molecule has 0 amide bonds. The Morgan fingerprint density at radius 2 is 1.73 bits per heavy atom. The summed E-state index contributed by atoms with van der Waals surface area (Å²) < 4.78 is 5.22. The Labute approximate surface area is 154 Å². The minimum atomic E-state index is -0.00113. The number of aromatic nitrogens is 2. The van der Waals surface area contributed by atoms with E-state index in [1.54, 1.807) is 7.11 Å². The molecule has 0 aliphatic carbocycles. The molecule has 6 nitrogen and oxygen atoms in total. The molecular weight excluding hydrogens is 328 g/mol. The normalized spacial score (nSPS) is 14.8. The lowest BCUT2D eigenvalue weighted by atomic mass is 10.0. The maximum Gasteiger partial charge on any atom is 0.255 e. The highest BCUT2D eigenvalue weighted by molar-refractivity contribution is 5.50. The Bertz CT molecular complexity index is 790. The first-order valence-electron chi connectivity index (χ1n) is 9.21. The molecule has 0 spiro atoms. The molecule has 2 heterocycles. The zero-order valence-electron chi connectivity index (χ0n) is 16.1. The van der Waals surface area contributed by atoms with Gasteiger partial charge in [0, 0.05) is 43.1 Å². The number of aryl methyl sites for hydroxylation is 1. The van der Waals surface area contributed by atoms with Crippen LogP contribution in [0.25, 0.3) is 0 Å². The van der Waals surface area contributed by atoms with Crippen molar-refractivity contribution < 1.29 is 4.74 Å². The minimum absolute atomic E-state index is 0.00113. The summed E-state index contributed by atoms with van der Waals surface area (Å²) in [6, 6.07) is 8.13. The fourth-order valence-electron chi connectivity index (χ4n) is 3.36. The quantitative estimate of drug-likeness (QED) is 0.892. The molecule has 2 aromatic rings. The Kier molecular flexibility index (Phi) is 5.49. The fourth-order valence-corrected chi connectivity index (χ4v) is 3.36. The van der Waals surface area contributed by atoms with Crippen molar-refractivity contribution in [2.75, 3.05) is 43.1 Å². The van der Waals surface area contributed by atoms with Crippen molar-refractivity contribution in [2.24, 2.45) is 5.92 Å². The summed E-state index contributed by atoms with van der Waals surface area (Å²) in [5.41, 5.74) is 2.84. The van der Waals surface area contributed by atoms with Gasteiger partial charge in [0.1, 0.15) is 5.75 Å². The van der Waals surface area contributed by atoms with E-state index in [4.69, 9.17) is 4.74 Å². The Balaban J connectivity index is 1.68. The highest BCUT2D eigenvalue weighted by Gasteiger charge is 2.20. The maximum absolute atomic E-state index is 12.4. The number of benzene rings is 1. The molecule has 0 radical (unpaired) electrons. The Hall–Kier alpha value is -2.50. The van der Waals surface area contributed by atoms with Crippen LogP contribution in [0.1, 0.15) is 25.1 Å². The van der Waals surface area contributed by atoms with E-state index in [0.29, 0.717) is 11.9 Å². The number of rotatable bonds is 5. The highest BCUT2D eigenvalue weighted by Crippen LogP contribution is 2.21. The van der Waals surface area contributed by atoms with Crippen LogP contribution in [0.3, 0.4) is 0 Å². The second kappa shape index (κ2) is 7.81. The number of piperazine rings is 1. The summed E-state index contributed by atoms with van der Waals surface area (Å²) in [6.45, 7) is 9.61. The number of nitrogens with one attached hydrogen (secondary N) is 1. The molecule has 0 bridgehead atoms. The first-order valence-corrected chi connectivity index (χ1v) is 9.21. The van der Waals surface area contributed by atoms with Crippen LogP contribution in [0, 0.1) is 12.8 Å². The molecule has 0 saturated carbocycles. The highest BCUT2D eigenvalue weighted by atomic mass is 16.5. The predicted molar refractivity (Wildman–Crippen MR) is 106 cm³/mol. The molecule has 1 saturated heterocycles. The standard InChI is InChI=1S/C20H28N4O2/c1-14(2)13-18-15(3)21-20(22-19(18)25)24-11-9-23(10-12-24)16-5-7-17(26-4)8-6-16/h5-8,14H,9-13H2,1-4H3,(H,21,22,25). The van der Waals surface area contributed by atoms with Crippen LogP contribution in [0.4, 0.5) is 11.6 Å². The van der Waals surface area contributed by atoms with Gasteiger partial charge in [-0.2, -0.15) is 0 Å². The van der Waals surface area contributed by atoms with Crippen LogP contribution in [0.5, 0.6) is 5.75 Å². The summed E-state index contributed by atoms with van der Waals surface area (Å²) in [5, 5.41) is 0. The second-order valence-electron chi connectivity index (χ2n) is 7.22. The van der Waals surface area contributed by atoms with E-state index in [-0.39, 0.29) is 5.56 Å². The van der Waals surface area contributed by atoms with E-state index in [1.165, 1.54) is 5.69 Å². The third kappa shape index (κ3) is 4.00. The van der Waals surface area contributed by atoms with E-state index in [1.807, 2.05) is 19.1 Å². The molecule has 0 unspecified atom stereocenters. The van der Waals surface area contributed by atoms with E-state index >= 15 is 0 Å². The summed E-state index contributed by atoms with van der Waals surface area (Å²) >= 11 is 0. The van der Waals surface area contributed by atoms with Crippen LogP contribution < -0.4 is 20.1 Å². The van der Waals surface area contributed by atoms with Gasteiger partial charge in [0.25, 0.3) is 5.56 Å². The fraction of sp³-hybridized carbons (Fsp3) is 0.500. The Morgan fingerprint density at radius 1 is 1.12 bits per heavy atom. The van der Waals surface area contributed by atoms with Gasteiger partial charge < -0.3 is 14.5 Å². The third-order valence-electron chi connectivity index (χ3n) is 4.84. The van der Waals surface area contributed by atoms with Crippen LogP contribution in [0.15, 0.2) is 29.1 Å². The number of ether oxygens (including phenoxy) is 1. The number of anilines is 2. The van der Waals surface area contributed by atoms with Crippen molar-refractivity contribution >= 4 is 11.6 Å². The molecule has 6 heteroatoms. The summed E-state index contributed by atoms with van der Waals surface area (Å²) in [7, 11) is 1.68. The number of methoxy groups -OCH3 is 1. The molecule has 1 N–H and O–H groups in total. The van der Waals surface area contributed by atoms with Crippen molar-refractivity contribution in [3.63, 3.8) is 0 Å². The van der Waals surface area contributed by atoms with Crippen molar-refractivity contribution in [3.8, 4) is 5.75 Å². The average molecular weight is 356 g/mol. The first kappa shape index (κ1) is 18.3. The minimum Gasteiger partial charge on any atom is -0.497 e. The zero-order chi connectivity index (χ0) is 18.7. The van der Waals surface area contributed by atoms with E-state index < -0.39 is 0 Å². The lowest BCUT2D eigenvalue weighted by molar-refractivity contribution is 0.415. The molecule has 1 fully saturated rings. The number of nitrogens with zero attached hydrogens (tertiary/aromatic N) is 3. The van der Waals surface area contributed by atoms with Crippen LogP contribution in [-0.2, 0) is 6.42 Å². The third-order valence-corrected chi connectivity index (χ3v) is 4.84. The van der Waals surface area contributed by atoms with E-state index in [0.717, 1.165) is 49.6 Å². The maximum atomic E-state index is 12.4. The number of hydrogen-bond donors (Lipinski definition) is 1. The largest absolute Gasteiger partial charge is 0.497 e. The molecule has 140 valence electrons. The molecular formula is C20H28N4O2. The van der Waals surface area contributed by atoms with Gasteiger partial charge in [-0.05, 0) is 43.5 Å². The van der Waals surface area contributed by atoms with Gasteiger partial charge >= 0.3 is 0 Å². The van der Waals surface area contributed by atoms with E-state index in [2.05, 4.69) is 45.7 Å². The number of hydrogen-bond acceptors (Lipinski definition) is 5. The molecule has 1 aliphatic rings. The van der Waals surface area contributed by atoms with Crippen LogP contribution >= 0.6 is 0 Å². The van der Waals surface area contributed by atoms with Crippen LogP contribution in [0.2, 0.25) is 0 Å². The Morgan fingerprint density at radius 3 is 2.27 bits per heavy atom. The lowest BCUT2D eigenvalue weighted by Crippen LogP contribution is -2.47. The van der Waals surface area contributed by atoms with Crippen molar-refractivity contribution in [1.29, 1.82) is 0 Å². The predicted octanol–water partition coefficient (Wildman–Crippen LogP) is 2.61. The van der Waals surface area contributed by atoms with Gasteiger partial charge in [-0.15, -0.1) is 0 Å². The molecule has 3 rings (SSSR count). The van der Waals surface area contributed by atoms with Gasteiger partial charge in [0.15, 0.2) is 0 Å². The zero-order valence-corrected chi connectivity index (χ0v) is 16.1. The first-order chi connectivity index (χ1) is 12.5. The van der Waals surface area contributed by atoms with Gasteiger partial charge in [0.05, 0.1) is 7.11 Å². The monoisotopic (exact) mass is 356 g/mol. The summed E-state index contributed by atoms with van der Waals surface area (Å²) in [6.07, 6.45) is 0.764. The second-order valence-corrected chi connectivity index (χ2v) is 7.22. The van der Waals surface area contributed by atoms with Gasteiger partial charge in [-0.25, -0.2) is 4.98 Å². The smallest absolute Gasteiger partial charge is 0.255 e. The van der Waals surface area contributed by atoms with Gasteiger partial charge in [-0.1, -0.05) is 13.8 Å². The van der Waals surface area contributed by atoms with Crippen molar-refractivity contribution in [1.82, 2.24) is 9.97 Å². The SMILES string of the molecule is COc1ccc(N2CCN(c3nc(C)c(CC(C)C)c(=O)[nH]3)CC2)cc1. The molecule has 1 aromatic heterocycles. The molecule has 1 aromatic carbocycles. The average Bonchev–Trinajstić information content (AvgIpc) is 2.64. The molecule has 1 aliphatic heterocycles. The molecule has 26 heavy (non-hydrogen) atoms. The van der Waals surface area contributed by atoms with Crippen molar-refractivity contribution in [3.05, 3.63) is 45.9 Å². The summed E-state index contributed by atoms with van der Waals surface area (Å²) in [4.78, 5) is 24.6. The number of H-pyrrole nitrogens is 1. The van der Waals surface area contributed by atoms with E-state index in [9.17, 15) is 4.79 Å². The van der Waals surface area contributed by atoms with Crippen molar-refractivity contribution in [2.45, 2.75) is 27.2 Å². The van der Waals surface area contributed by atoms with Gasteiger partial charge in [-0.3, -0.25) is 9.78 Å². The lowest BCUT2D eigenvalue weighted by Gasteiger charge is -2.36.